The van der Waals surface area contributed by atoms with E-state index in [-0.39, 0.29) is 24.2 Å². The molecule has 8 heteroatoms. The highest BCUT2D eigenvalue weighted by atomic mass is 35.5. The molecule has 0 saturated carbocycles. The number of benzene rings is 3. The summed E-state index contributed by atoms with van der Waals surface area (Å²) in [5.74, 6) is -0.547. The average Bonchev–Trinajstić information content (AvgIpc) is 3.43. The van der Waals surface area contributed by atoms with Crippen molar-refractivity contribution < 1.29 is 24.2 Å². The number of halogens is 1. The van der Waals surface area contributed by atoms with E-state index in [9.17, 15) is 19.5 Å². The van der Waals surface area contributed by atoms with Crippen molar-refractivity contribution >= 4 is 45.9 Å². The van der Waals surface area contributed by atoms with Gasteiger partial charge in [0.2, 0.25) is 5.91 Å². The van der Waals surface area contributed by atoms with Crippen molar-refractivity contribution in [3.63, 3.8) is 0 Å². The Kier molecular flexibility index (Phi) is 7.66. The maximum atomic E-state index is 13.1. The van der Waals surface area contributed by atoms with Gasteiger partial charge in [0.25, 0.3) is 0 Å². The number of hydrogen-bond donors (Lipinski definition) is 1. The van der Waals surface area contributed by atoms with E-state index in [1.807, 2.05) is 71.3 Å². The van der Waals surface area contributed by atoms with Crippen molar-refractivity contribution in [2.75, 3.05) is 11.5 Å². The van der Waals surface area contributed by atoms with E-state index >= 15 is 0 Å². The first-order valence-electron chi connectivity index (χ1n) is 13.6. The summed E-state index contributed by atoms with van der Waals surface area (Å²) in [5, 5.41) is 11.2. The number of aromatic nitrogens is 1. The Bertz CT molecular complexity index is 1650. The van der Waals surface area contributed by atoms with Gasteiger partial charge in [-0.3, -0.25) is 14.4 Å². The molecule has 1 amide bonds. The normalized spacial score (nSPS) is 14.8. The van der Waals surface area contributed by atoms with Crippen LogP contribution in [0, 0.1) is 5.41 Å². The van der Waals surface area contributed by atoms with Crippen molar-refractivity contribution in [1.82, 2.24) is 4.57 Å². The van der Waals surface area contributed by atoms with Gasteiger partial charge in [-0.15, -0.1) is 0 Å². The Balaban J connectivity index is 1.53. The molecule has 0 aliphatic carbocycles. The fraction of sp³-hybridized carbons (Fsp3) is 0.303. The third-order valence-corrected chi connectivity index (χ3v) is 8.04. The summed E-state index contributed by atoms with van der Waals surface area (Å²) in [4.78, 5) is 39.5. The van der Waals surface area contributed by atoms with Gasteiger partial charge in [0, 0.05) is 52.8 Å². The molecular formula is C33H33ClN2O5. The Hall–Kier alpha value is -4.10. The van der Waals surface area contributed by atoms with Crippen LogP contribution in [0.4, 0.5) is 5.69 Å². The van der Waals surface area contributed by atoms with E-state index in [1.54, 1.807) is 25.7 Å². The number of para-hydroxylation sites is 1. The largest absolute Gasteiger partial charge is 0.491 e. The van der Waals surface area contributed by atoms with E-state index in [2.05, 4.69) is 0 Å². The topological polar surface area (TPSA) is 88.8 Å². The summed E-state index contributed by atoms with van der Waals surface area (Å²) in [6.45, 7) is 7.13. The van der Waals surface area contributed by atoms with Crippen molar-refractivity contribution in [2.24, 2.45) is 5.41 Å². The Labute approximate surface area is 244 Å². The Morgan fingerprint density at radius 2 is 1.73 bits per heavy atom. The third kappa shape index (κ3) is 5.59. The maximum Gasteiger partial charge on any atom is 0.309 e. The molecule has 4 aromatic rings. The fourth-order valence-corrected chi connectivity index (χ4v) is 5.84. The molecule has 1 N–H and O–H groups in total. The molecule has 7 nitrogen and oxygen atoms in total. The summed E-state index contributed by atoms with van der Waals surface area (Å²) < 4.78 is 8.26. The molecule has 5 rings (SSSR count). The van der Waals surface area contributed by atoms with Gasteiger partial charge < -0.3 is 19.3 Å². The van der Waals surface area contributed by atoms with Gasteiger partial charge in [0.15, 0.2) is 5.78 Å². The molecule has 0 spiro atoms. The molecule has 1 aliphatic rings. The lowest BCUT2D eigenvalue weighted by molar-refractivity contribution is -0.146. The van der Waals surface area contributed by atoms with Crippen molar-refractivity contribution in [3.05, 3.63) is 94.1 Å². The summed E-state index contributed by atoms with van der Waals surface area (Å²) in [6.07, 6.45) is 0.867. The highest BCUT2D eigenvalue weighted by Crippen LogP contribution is 2.36. The quantitative estimate of drug-likeness (QED) is 0.230. The molecule has 212 valence electrons. The second kappa shape index (κ2) is 11.1. The van der Waals surface area contributed by atoms with Gasteiger partial charge in [-0.2, -0.15) is 0 Å². The van der Waals surface area contributed by atoms with Gasteiger partial charge in [-0.05, 0) is 74.7 Å². The van der Waals surface area contributed by atoms with E-state index in [4.69, 9.17) is 16.3 Å². The van der Waals surface area contributed by atoms with E-state index in [0.29, 0.717) is 47.0 Å². The van der Waals surface area contributed by atoms with Crippen LogP contribution in [-0.2, 0) is 29.0 Å². The van der Waals surface area contributed by atoms with Gasteiger partial charge in [-0.25, -0.2) is 0 Å². The maximum absolute atomic E-state index is 13.1. The molecule has 0 bridgehead atoms. The smallest absolute Gasteiger partial charge is 0.309 e. The zero-order valence-corrected chi connectivity index (χ0v) is 24.4. The number of ether oxygens (including phenoxy) is 1. The number of nitrogens with zero attached hydrogens (tertiary/aromatic N) is 2. The Morgan fingerprint density at radius 1 is 1.02 bits per heavy atom. The van der Waals surface area contributed by atoms with Gasteiger partial charge in [-0.1, -0.05) is 41.9 Å². The number of carboxylic acid groups (broad SMARTS) is 1. The second-order valence-corrected chi connectivity index (χ2v) is 11.8. The highest BCUT2D eigenvalue weighted by molar-refractivity contribution is 6.30. The lowest BCUT2D eigenvalue weighted by atomic mass is 9.86. The number of fused-ring (bicyclic) bond motifs is 2. The van der Waals surface area contributed by atoms with Crippen LogP contribution in [-0.4, -0.2) is 40.0 Å². The minimum atomic E-state index is -1.09. The number of carbonyl (C=O) groups excluding carboxylic acids is 2. The zero-order chi connectivity index (χ0) is 29.5. The first kappa shape index (κ1) is 28.4. The Morgan fingerprint density at radius 3 is 2.39 bits per heavy atom. The monoisotopic (exact) mass is 572 g/mol. The standard InChI is InChI=1S/C33H33ClN2O5/c1-20(37)31-27-16-26(41-19-25-15-23-7-5-6-8-28(23)36(25)21(2)38)13-14-29(27)35(18-22-9-11-24(34)12-10-22)30(31)17-33(3,4)32(39)40/h5-14,16,25H,15,17-19H2,1-4H3,(H,39,40)/t25-/m0/s1. The molecule has 1 aliphatic heterocycles. The van der Waals surface area contributed by atoms with Crippen LogP contribution in [0.25, 0.3) is 10.9 Å². The number of hydrogen-bond acceptors (Lipinski definition) is 4. The minimum Gasteiger partial charge on any atom is -0.491 e. The SMILES string of the molecule is CC(=O)c1c(CC(C)(C)C(=O)O)n(Cc2ccc(Cl)cc2)c2ccc(OC[C@@H]3Cc4ccccc4N3C(C)=O)cc12. The number of aliphatic carboxylic acids is 1. The number of rotatable bonds is 9. The summed E-state index contributed by atoms with van der Waals surface area (Å²) in [7, 11) is 0. The molecule has 1 atom stereocenters. The van der Waals surface area contributed by atoms with Gasteiger partial charge in [0.1, 0.15) is 12.4 Å². The summed E-state index contributed by atoms with van der Waals surface area (Å²) in [5.41, 5.74) is 3.87. The van der Waals surface area contributed by atoms with Crippen LogP contribution in [0.2, 0.25) is 5.02 Å². The zero-order valence-electron chi connectivity index (χ0n) is 23.6. The van der Waals surface area contributed by atoms with Crippen LogP contribution < -0.4 is 9.64 Å². The molecule has 0 fully saturated rings. The number of anilines is 1. The van der Waals surface area contributed by atoms with E-state index < -0.39 is 11.4 Å². The number of amides is 1. The van der Waals surface area contributed by atoms with Crippen LogP contribution in [0.1, 0.15) is 54.9 Å². The van der Waals surface area contributed by atoms with Crippen molar-refractivity contribution in [1.29, 1.82) is 0 Å². The third-order valence-electron chi connectivity index (χ3n) is 7.79. The predicted octanol–water partition coefficient (Wildman–Crippen LogP) is 6.56. The number of carboxylic acids is 1. The van der Waals surface area contributed by atoms with Crippen LogP contribution in [0.3, 0.4) is 0 Å². The van der Waals surface area contributed by atoms with Crippen LogP contribution in [0.5, 0.6) is 5.75 Å². The first-order chi connectivity index (χ1) is 19.5. The van der Waals surface area contributed by atoms with E-state index in [1.165, 1.54) is 6.92 Å². The molecule has 0 unspecified atom stereocenters. The first-order valence-corrected chi connectivity index (χ1v) is 14.0. The molecule has 2 heterocycles. The molecule has 0 saturated heterocycles. The van der Waals surface area contributed by atoms with Crippen molar-refractivity contribution in [3.8, 4) is 5.75 Å². The summed E-state index contributed by atoms with van der Waals surface area (Å²) in [6, 6.07) is 20.8. The van der Waals surface area contributed by atoms with Gasteiger partial charge in [0.05, 0.1) is 11.5 Å². The van der Waals surface area contributed by atoms with Gasteiger partial charge >= 0.3 is 5.97 Å². The predicted molar refractivity (Wildman–Crippen MR) is 160 cm³/mol. The fourth-order valence-electron chi connectivity index (χ4n) is 5.71. The number of carbonyl (C=O) groups is 3. The van der Waals surface area contributed by atoms with Crippen LogP contribution >= 0.6 is 11.6 Å². The molecule has 41 heavy (non-hydrogen) atoms. The summed E-state index contributed by atoms with van der Waals surface area (Å²) >= 11 is 6.10. The van der Waals surface area contributed by atoms with Crippen LogP contribution in [0.15, 0.2) is 66.7 Å². The molecule has 1 aromatic heterocycles. The lowest BCUT2D eigenvalue weighted by Gasteiger charge is -2.24. The molecule has 0 radical (unpaired) electrons. The minimum absolute atomic E-state index is 0.0390. The molecular weight excluding hydrogens is 540 g/mol. The highest BCUT2D eigenvalue weighted by Gasteiger charge is 2.34. The second-order valence-electron chi connectivity index (χ2n) is 11.3. The lowest BCUT2D eigenvalue weighted by Crippen LogP contribution is -2.40. The average molecular weight is 573 g/mol. The number of ketones is 1. The number of Topliss-reactive ketones (excluding diaryl/α,β-unsaturated/α-hetero) is 1. The molecule has 3 aromatic carbocycles. The van der Waals surface area contributed by atoms with Crippen molar-refractivity contribution in [2.45, 2.75) is 53.1 Å². The van der Waals surface area contributed by atoms with E-state index in [0.717, 1.165) is 22.3 Å².